The van der Waals surface area contributed by atoms with Crippen molar-refractivity contribution in [3.05, 3.63) is 59.3 Å². The predicted octanol–water partition coefficient (Wildman–Crippen LogP) is 3.12. The number of furan rings is 1. The highest BCUT2D eigenvalue weighted by Crippen LogP contribution is 2.23. The third-order valence-corrected chi connectivity index (χ3v) is 4.08. The first-order valence-electron chi connectivity index (χ1n) is 7.14. The number of benzene rings is 1. The molecule has 0 radical (unpaired) electrons. The smallest absolute Gasteiger partial charge is 0.126 e. The first kappa shape index (κ1) is 15.7. The van der Waals surface area contributed by atoms with Crippen LogP contribution >= 0.6 is 0 Å². The number of nitrogens with zero attached hydrogens (tertiary/aromatic N) is 1. The maximum atomic E-state index is 13.9. The van der Waals surface area contributed by atoms with Crippen molar-refractivity contribution in [2.45, 2.75) is 32.4 Å². The second-order valence-electron chi connectivity index (χ2n) is 5.84. The Morgan fingerprint density at radius 2 is 1.95 bits per heavy atom. The summed E-state index contributed by atoms with van der Waals surface area (Å²) < 4.78 is 19.5. The van der Waals surface area contributed by atoms with Gasteiger partial charge in [0.05, 0.1) is 6.54 Å². The zero-order valence-corrected chi connectivity index (χ0v) is 12.9. The highest BCUT2D eigenvalue weighted by atomic mass is 19.1. The fraction of sp³-hybridized carbons (Fsp3) is 0.412. The Balaban J connectivity index is 2.14. The Hall–Kier alpha value is -1.65. The van der Waals surface area contributed by atoms with Crippen LogP contribution in [0.15, 0.2) is 40.8 Å². The molecule has 2 N–H and O–H groups in total. The van der Waals surface area contributed by atoms with E-state index >= 15 is 0 Å². The fourth-order valence-electron chi connectivity index (χ4n) is 2.41. The van der Waals surface area contributed by atoms with E-state index in [9.17, 15) is 4.39 Å². The standard InChI is InChI=1S/C17H23FN2O/c1-13-8-9-15(21-13)11-20(3)17(2,12-19)10-14-6-4-5-7-16(14)18/h4-9H,10-12,19H2,1-3H3. The van der Waals surface area contributed by atoms with Crippen molar-refractivity contribution in [3.63, 3.8) is 0 Å². The highest BCUT2D eigenvalue weighted by Gasteiger charge is 2.29. The molecule has 2 rings (SSSR count). The minimum Gasteiger partial charge on any atom is -0.465 e. The summed E-state index contributed by atoms with van der Waals surface area (Å²) in [6.07, 6.45) is 0.562. The van der Waals surface area contributed by atoms with Crippen molar-refractivity contribution >= 4 is 0 Å². The lowest BCUT2D eigenvalue weighted by molar-refractivity contribution is 0.125. The van der Waals surface area contributed by atoms with E-state index in [0.717, 1.165) is 11.5 Å². The number of hydrogen-bond donors (Lipinski definition) is 1. The van der Waals surface area contributed by atoms with Crippen LogP contribution in [0.5, 0.6) is 0 Å². The van der Waals surface area contributed by atoms with Gasteiger partial charge >= 0.3 is 0 Å². The van der Waals surface area contributed by atoms with E-state index in [4.69, 9.17) is 10.2 Å². The molecule has 0 aliphatic rings. The molecule has 0 fully saturated rings. The van der Waals surface area contributed by atoms with Gasteiger partial charge in [-0.25, -0.2) is 4.39 Å². The second-order valence-corrected chi connectivity index (χ2v) is 5.84. The van der Waals surface area contributed by atoms with Crippen LogP contribution in [0.25, 0.3) is 0 Å². The number of nitrogens with two attached hydrogens (primary N) is 1. The summed E-state index contributed by atoms with van der Waals surface area (Å²) in [6.45, 7) is 5.06. The summed E-state index contributed by atoms with van der Waals surface area (Å²) in [5, 5.41) is 0. The molecule has 21 heavy (non-hydrogen) atoms. The molecule has 0 bridgehead atoms. The van der Waals surface area contributed by atoms with E-state index in [2.05, 4.69) is 11.8 Å². The van der Waals surface area contributed by atoms with Crippen molar-refractivity contribution < 1.29 is 8.81 Å². The molecule has 1 unspecified atom stereocenters. The molecule has 0 aliphatic carbocycles. The molecule has 0 aliphatic heterocycles. The monoisotopic (exact) mass is 290 g/mol. The third kappa shape index (κ3) is 3.71. The van der Waals surface area contributed by atoms with Crippen LogP contribution in [0.2, 0.25) is 0 Å². The van der Waals surface area contributed by atoms with Crippen LogP contribution < -0.4 is 5.73 Å². The van der Waals surface area contributed by atoms with E-state index in [0.29, 0.717) is 25.1 Å². The zero-order valence-electron chi connectivity index (χ0n) is 12.9. The molecular formula is C17H23FN2O. The topological polar surface area (TPSA) is 42.4 Å². The number of likely N-dealkylation sites (N-methyl/N-ethyl adjacent to an activating group) is 1. The normalized spacial score (nSPS) is 14.4. The highest BCUT2D eigenvalue weighted by molar-refractivity contribution is 5.20. The Morgan fingerprint density at radius 3 is 2.52 bits per heavy atom. The van der Waals surface area contributed by atoms with Crippen LogP contribution in [0.4, 0.5) is 4.39 Å². The van der Waals surface area contributed by atoms with Gasteiger partial charge in [0.25, 0.3) is 0 Å². The number of rotatable bonds is 6. The molecule has 0 saturated carbocycles. The summed E-state index contributed by atoms with van der Waals surface area (Å²) in [4.78, 5) is 2.12. The molecular weight excluding hydrogens is 267 g/mol. The number of aryl methyl sites for hydroxylation is 1. The third-order valence-electron chi connectivity index (χ3n) is 4.08. The van der Waals surface area contributed by atoms with Crippen LogP contribution in [0.3, 0.4) is 0 Å². The molecule has 0 saturated heterocycles. The molecule has 1 aromatic heterocycles. The van der Waals surface area contributed by atoms with Crippen LogP contribution in [0.1, 0.15) is 24.0 Å². The van der Waals surface area contributed by atoms with Gasteiger partial charge in [-0.3, -0.25) is 4.90 Å². The first-order chi connectivity index (χ1) is 9.94. The quantitative estimate of drug-likeness (QED) is 0.889. The van der Waals surface area contributed by atoms with E-state index < -0.39 is 0 Å². The first-order valence-corrected chi connectivity index (χ1v) is 7.14. The van der Waals surface area contributed by atoms with Crippen molar-refractivity contribution in [1.29, 1.82) is 0 Å². The Labute approximate surface area is 125 Å². The number of hydrogen-bond acceptors (Lipinski definition) is 3. The van der Waals surface area contributed by atoms with E-state index in [1.165, 1.54) is 6.07 Å². The van der Waals surface area contributed by atoms with Crippen molar-refractivity contribution in [1.82, 2.24) is 4.90 Å². The molecule has 0 spiro atoms. The minimum atomic E-state index is -0.330. The van der Waals surface area contributed by atoms with Gasteiger partial charge in [0.1, 0.15) is 17.3 Å². The van der Waals surface area contributed by atoms with Crippen LogP contribution in [-0.2, 0) is 13.0 Å². The van der Waals surface area contributed by atoms with Gasteiger partial charge in [-0.1, -0.05) is 18.2 Å². The molecule has 3 nitrogen and oxygen atoms in total. The van der Waals surface area contributed by atoms with Gasteiger partial charge < -0.3 is 10.2 Å². The molecule has 114 valence electrons. The lowest BCUT2D eigenvalue weighted by Crippen LogP contribution is -2.51. The summed E-state index contributed by atoms with van der Waals surface area (Å²) >= 11 is 0. The van der Waals surface area contributed by atoms with E-state index in [1.807, 2.05) is 38.2 Å². The zero-order chi connectivity index (χ0) is 15.5. The Bertz CT molecular complexity index is 596. The average Bonchev–Trinajstić information content (AvgIpc) is 2.86. The van der Waals surface area contributed by atoms with Crippen molar-refractivity contribution in [2.75, 3.05) is 13.6 Å². The minimum absolute atomic E-state index is 0.181. The van der Waals surface area contributed by atoms with Gasteiger partial charge in [0, 0.05) is 12.1 Å². The maximum Gasteiger partial charge on any atom is 0.126 e. The maximum absolute atomic E-state index is 13.9. The summed E-state index contributed by atoms with van der Waals surface area (Å²) in [5.74, 6) is 1.60. The number of halogens is 1. The van der Waals surface area contributed by atoms with Gasteiger partial charge in [-0.15, -0.1) is 0 Å². The van der Waals surface area contributed by atoms with Crippen molar-refractivity contribution in [2.24, 2.45) is 5.73 Å². The Morgan fingerprint density at radius 1 is 1.24 bits per heavy atom. The van der Waals surface area contributed by atoms with Gasteiger partial charge in [-0.2, -0.15) is 0 Å². The summed E-state index contributed by atoms with van der Waals surface area (Å²) in [7, 11) is 1.99. The molecule has 0 amide bonds. The Kier molecular flexibility index (Phi) is 4.80. The average molecular weight is 290 g/mol. The van der Waals surface area contributed by atoms with Crippen molar-refractivity contribution in [3.8, 4) is 0 Å². The van der Waals surface area contributed by atoms with Crippen LogP contribution in [0, 0.1) is 12.7 Å². The second kappa shape index (κ2) is 6.41. The molecule has 4 heteroatoms. The fourth-order valence-corrected chi connectivity index (χ4v) is 2.41. The SMILES string of the molecule is Cc1ccc(CN(C)C(C)(CN)Cc2ccccc2F)o1. The largest absolute Gasteiger partial charge is 0.465 e. The molecule has 2 aromatic rings. The van der Waals surface area contributed by atoms with Gasteiger partial charge in [0.15, 0.2) is 0 Å². The molecule has 1 aromatic carbocycles. The lowest BCUT2D eigenvalue weighted by Gasteiger charge is -2.38. The van der Waals surface area contributed by atoms with Gasteiger partial charge in [0.2, 0.25) is 0 Å². The summed E-state index contributed by atoms with van der Waals surface area (Å²) in [5.41, 5.74) is 6.33. The van der Waals surface area contributed by atoms with E-state index in [1.54, 1.807) is 6.07 Å². The molecule has 1 atom stereocenters. The van der Waals surface area contributed by atoms with E-state index in [-0.39, 0.29) is 11.4 Å². The van der Waals surface area contributed by atoms with Gasteiger partial charge in [-0.05, 0) is 51.1 Å². The van der Waals surface area contributed by atoms with Crippen LogP contribution in [-0.4, -0.2) is 24.0 Å². The summed E-state index contributed by atoms with van der Waals surface area (Å²) in [6, 6.07) is 10.8. The lowest BCUT2D eigenvalue weighted by atomic mass is 9.91. The molecule has 1 heterocycles. The predicted molar refractivity (Wildman–Crippen MR) is 82.5 cm³/mol.